The molecule has 42 heavy (non-hydrogen) atoms. The van der Waals surface area contributed by atoms with Crippen LogP contribution in [0.2, 0.25) is 0 Å². The zero-order valence-corrected chi connectivity index (χ0v) is 27.5. The SMILES string of the molecule is C[C@H](CCC(=O)NCCC[N+](C)(C)CCCS(=O)(=O)O)C1CC[C@H]2[C@@H]3[C@H](O)CC4C[C@H](O)CC[C@]4(C)[C@H]3C[C@H](O)[C@]12C. The average Bonchev–Trinajstić information content (AvgIpc) is 3.24. The minimum atomic E-state index is -3.93. The van der Waals surface area contributed by atoms with E-state index in [0.717, 1.165) is 64.3 Å². The van der Waals surface area contributed by atoms with Crippen LogP contribution in [-0.2, 0) is 14.9 Å². The van der Waals surface area contributed by atoms with Gasteiger partial charge in [0.2, 0.25) is 5.91 Å². The Morgan fingerprint density at radius 2 is 1.69 bits per heavy atom. The summed E-state index contributed by atoms with van der Waals surface area (Å²) in [7, 11) is 0.114. The summed E-state index contributed by atoms with van der Waals surface area (Å²) in [6.07, 6.45) is 7.47. The number of nitrogens with one attached hydrogen (secondary N) is 1. The van der Waals surface area contributed by atoms with E-state index in [1.54, 1.807) is 0 Å². The molecule has 10 heteroatoms. The predicted molar refractivity (Wildman–Crippen MR) is 163 cm³/mol. The first-order valence-electron chi connectivity index (χ1n) is 16.6. The van der Waals surface area contributed by atoms with Crippen LogP contribution < -0.4 is 5.32 Å². The van der Waals surface area contributed by atoms with Gasteiger partial charge in [-0.1, -0.05) is 20.8 Å². The summed E-state index contributed by atoms with van der Waals surface area (Å²) in [6, 6.07) is 0. The van der Waals surface area contributed by atoms with Crippen molar-refractivity contribution in [2.45, 2.75) is 110 Å². The minimum Gasteiger partial charge on any atom is -0.393 e. The highest BCUT2D eigenvalue weighted by Crippen LogP contribution is 2.68. The zero-order chi connectivity index (χ0) is 31.1. The summed E-state index contributed by atoms with van der Waals surface area (Å²) in [5.74, 6) is 1.52. The number of fused-ring (bicyclic) bond motifs is 5. The van der Waals surface area contributed by atoms with Gasteiger partial charge in [-0.05, 0) is 97.7 Å². The minimum absolute atomic E-state index is 0.0450. The lowest BCUT2D eigenvalue weighted by Gasteiger charge is -2.63. The van der Waals surface area contributed by atoms with E-state index in [9.17, 15) is 28.5 Å². The molecule has 0 bridgehead atoms. The Morgan fingerprint density at radius 3 is 2.38 bits per heavy atom. The van der Waals surface area contributed by atoms with Crippen LogP contribution in [0.4, 0.5) is 0 Å². The fourth-order valence-electron chi connectivity index (χ4n) is 10.3. The second kappa shape index (κ2) is 12.9. The van der Waals surface area contributed by atoms with Gasteiger partial charge in [0.15, 0.2) is 0 Å². The van der Waals surface area contributed by atoms with E-state index in [0.29, 0.717) is 48.2 Å². The summed E-state index contributed by atoms with van der Waals surface area (Å²) in [4.78, 5) is 12.7. The van der Waals surface area contributed by atoms with Crippen LogP contribution in [0.1, 0.15) is 91.4 Å². The fourth-order valence-corrected chi connectivity index (χ4v) is 10.8. The Hall–Kier alpha value is -0.780. The highest BCUT2D eigenvalue weighted by molar-refractivity contribution is 7.85. The molecule has 0 aliphatic heterocycles. The molecule has 11 atom stereocenters. The van der Waals surface area contributed by atoms with E-state index in [1.807, 2.05) is 14.1 Å². The van der Waals surface area contributed by atoms with Crippen molar-refractivity contribution in [2.24, 2.45) is 46.3 Å². The number of carbonyl (C=O) groups excluding carboxylic acids is 1. The lowest BCUT2D eigenvalue weighted by molar-refractivity contribution is -0.890. The molecule has 1 amide bonds. The molecule has 4 aliphatic carbocycles. The molecule has 0 aromatic carbocycles. The Balaban J connectivity index is 1.27. The quantitative estimate of drug-likeness (QED) is 0.129. The van der Waals surface area contributed by atoms with E-state index in [-0.39, 0.29) is 52.5 Å². The maximum atomic E-state index is 12.7. The van der Waals surface area contributed by atoms with Gasteiger partial charge in [-0.15, -0.1) is 0 Å². The van der Waals surface area contributed by atoms with E-state index >= 15 is 0 Å². The van der Waals surface area contributed by atoms with Crippen molar-refractivity contribution in [1.29, 1.82) is 0 Å². The smallest absolute Gasteiger partial charge is 0.265 e. The lowest BCUT2D eigenvalue weighted by Crippen LogP contribution is -2.62. The number of rotatable bonds is 12. The van der Waals surface area contributed by atoms with Crippen LogP contribution >= 0.6 is 0 Å². The summed E-state index contributed by atoms with van der Waals surface area (Å²) in [5.41, 5.74) is -0.185. The van der Waals surface area contributed by atoms with E-state index in [2.05, 4.69) is 26.1 Å². The Kier molecular flexibility index (Phi) is 10.5. The van der Waals surface area contributed by atoms with Gasteiger partial charge in [-0.3, -0.25) is 9.35 Å². The molecule has 4 rings (SSSR count). The molecule has 0 spiro atoms. The molecule has 5 N–H and O–H groups in total. The van der Waals surface area contributed by atoms with Crippen LogP contribution in [0.3, 0.4) is 0 Å². The summed E-state index contributed by atoms with van der Waals surface area (Å²) < 4.78 is 31.5. The van der Waals surface area contributed by atoms with Crippen LogP contribution in [0.5, 0.6) is 0 Å². The molecule has 0 radical (unpaired) electrons. The Labute approximate surface area is 254 Å². The third-order valence-electron chi connectivity index (χ3n) is 12.8. The summed E-state index contributed by atoms with van der Waals surface area (Å²) in [5, 5.41) is 36.6. The molecule has 4 saturated carbocycles. The number of nitrogens with zero attached hydrogens (tertiary/aromatic N) is 1. The standard InChI is InChI=1S/C32H58N2O7S/c1-21(8-11-29(38)33-14-6-15-34(4,5)16-7-17-42(39,40)41)24-9-10-25-30-26(20-28(37)32(24,25)3)31(2)13-12-23(35)18-22(31)19-27(30)36/h21-28,30,35-37H,6-20H2,1-5H3,(H-,33,38,39,40,41)/p+1/t21-,22?,23-,24?,25+,26+,27-,28+,30+,31+,32-/m1/s1. The average molecular weight is 616 g/mol. The largest absolute Gasteiger partial charge is 0.393 e. The van der Waals surface area contributed by atoms with Crippen LogP contribution in [-0.4, -0.2) is 96.5 Å². The van der Waals surface area contributed by atoms with Gasteiger partial charge in [-0.25, -0.2) is 0 Å². The second-order valence-corrected chi connectivity index (χ2v) is 17.3. The molecule has 4 fully saturated rings. The van der Waals surface area contributed by atoms with Crippen molar-refractivity contribution in [3.05, 3.63) is 0 Å². The molecular weight excluding hydrogens is 556 g/mol. The fraction of sp³-hybridized carbons (Fsp3) is 0.969. The lowest BCUT2D eigenvalue weighted by atomic mass is 9.43. The van der Waals surface area contributed by atoms with Crippen molar-refractivity contribution in [3.63, 3.8) is 0 Å². The van der Waals surface area contributed by atoms with Gasteiger partial charge in [-0.2, -0.15) is 8.42 Å². The number of hydrogen-bond acceptors (Lipinski definition) is 6. The van der Waals surface area contributed by atoms with Gasteiger partial charge >= 0.3 is 0 Å². The van der Waals surface area contributed by atoms with Crippen molar-refractivity contribution in [1.82, 2.24) is 5.32 Å². The first kappa shape index (κ1) is 34.1. The molecule has 0 saturated heterocycles. The van der Waals surface area contributed by atoms with Crippen LogP contribution in [0.15, 0.2) is 0 Å². The van der Waals surface area contributed by atoms with Crippen LogP contribution in [0, 0.1) is 46.3 Å². The molecule has 0 aromatic rings. The Morgan fingerprint density at radius 1 is 1.00 bits per heavy atom. The monoisotopic (exact) mass is 615 g/mol. The molecule has 0 aromatic heterocycles. The first-order chi connectivity index (χ1) is 19.5. The third-order valence-corrected chi connectivity index (χ3v) is 13.6. The number of hydrogen-bond donors (Lipinski definition) is 5. The van der Waals surface area contributed by atoms with E-state index < -0.39 is 16.2 Å². The number of aliphatic hydroxyl groups is 3. The topological polar surface area (TPSA) is 144 Å². The van der Waals surface area contributed by atoms with E-state index in [1.165, 1.54) is 0 Å². The van der Waals surface area contributed by atoms with Crippen molar-refractivity contribution < 1.29 is 37.6 Å². The van der Waals surface area contributed by atoms with Gasteiger partial charge in [0, 0.05) is 25.8 Å². The van der Waals surface area contributed by atoms with Gasteiger partial charge < -0.3 is 25.1 Å². The summed E-state index contributed by atoms with van der Waals surface area (Å²) >= 11 is 0. The van der Waals surface area contributed by atoms with Gasteiger partial charge in [0.05, 0.1) is 51.2 Å². The molecule has 9 nitrogen and oxygen atoms in total. The normalized spacial score (nSPS) is 41.0. The third kappa shape index (κ3) is 7.20. The highest BCUT2D eigenvalue weighted by atomic mass is 32.2. The first-order valence-corrected chi connectivity index (χ1v) is 18.2. The number of aliphatic hydroxyl groups excluding tert-OH is 3. The molecular formula is C32H59N2O7S+. The maximum absolute atomic E-state index is 12.7. The molecule has 0 heterocycles. The highest BCUT2D eigenvalue weighted by Gasteiger charge is 2.65. The second-order valence-electron chi connectivity index (χ2n) is 15.8. The van der Waals surface area contributed by atoms with Gasteiger partial charge in [0.1, 0.15) is 0 Å². The molecule has 2 unspecified atom stereocenters. The zero-order valence-electron chi connectivity index (χ0n) is 26.7. The van der Waals surface area contributed by atoms with Crippen molar-refractivity contribution >= 4 is 16.0 Å². The number of amides is 1. The van der Waals surface area contributed by atoms with Gasteiger partial charge in [0.25, 0.3) is 10.1 Å². The summed E-state index contributed by atoms with van der Waals surface area (Å²) in [6.45, 7) is 8.87. The maximum Gasteiger partial charge on any atom is 0.265 e. The number of carbonyl (C=O) groups is 1. The van der Waals surface area contributed by atoms with Crippen LogP contribution in [0.25, 0.3) is 0 Å². The molecule has 244 valence electrons. The van der Waals surface area contributed by atoms with Crippen molar-refractivity contribution in [3.8, 4) is 0 Å². The van der Waals surface area contributed by atoms with E-state index in [4.69, 9.17) is 4.55 Å². The predicted octanol–water partition coefficient (Wildman–Crippen LogP) is 3.22. The number of quaternary nitrogens is 1. The molecule has 4 aliphatic rings. The Bertz CT molecular complexity index is 1050. The van der Waals surface area contributed by atoms with Crippen molar-refractivity contribution in [2.75, 3.05) is 39.5 Å².